The molecule has 0 N–H and O–H groups in total. The van der Waals surface area contributed by atoms with Crippen molar-refractivity contribution in [1.29, 1.82) is 0 Å². The Morgan fingerprint density at radius 2 is 1.81 bits per heavy atom. The SMILES string of the molecule is CC/C=C(\C)C(=O)N1CCN(S(=O)(=O)c2cc(C(F)(F)F)ccc2Cl)CC1. The van der Waals surface area contributed by atoms with Crippen LogP contribution in [0.4, 0.5) is 13.2 Å². The van der Waals surface area contributed by atoms with Gasteiger partial charge in [0.25, 0.3) is 0 Å². The average Bonchev–Trinajstić information content (AvgIpc) is 2.60. The van der Waals surface area contributed by atoms with Crippen molar-refractivity contribution < 1.29 is 26.4 Å². The largest absolute Gasteiger partial charge is 0.416 e. The van der Waals surface area contributed by atoms with Crippen LogP contribution in [0.1, 0.15) is 25.8 Å². The van der Waals surface area contributed by atoms with Gasteiger partial charge in [0.2, 0.25) is 15.9 Å². The van der Waals surface area contributed by atoms with Crippen molar-refractivity contribution in [3.05, 3.63) is 40.4 Å². The van der Waals surface area contributed by atoms with Crippen LogP contribution in [0.2, 0.25) is 5.02 Å². The zero-order chi connectivity index (χ0) is 20.4. The summed E-state index contributed by atoms with van der Waals surface area (Å²) in [6.07, 6.45) is -2.18. The summed E-state index contributed by atoms with van der Waals surface area (Å²) in [4.78, 5) is 13.2. The molecule has 1 aliphatic heterocycles. The third kappa shape index (κ3) is 4.83. The van der Waals surface area contributed by atoms with Gasteiger partial charge < -0.3 is 4.90 Å². The normalized spacial score (nSPS) is 17.3. The van der Waals surface area contributed by atoms with Gasteiger partial charge in [-0.15, -0.1) is 0 Å². The Bertz CT molecular complexity index is 845. The topological polar surface area (TPSA) is 57.7 Å². The molecule has 1 aliphatic rings. The second-order valence-corrected chi connectivity index (χ2v) is 8.45. The number of piperazine rings is 1. The monoisotopic (exact) mass is 424 g/mol. The molecular weight excluding hydrogens is 405 g/mol. The first-order valence-corrected chi connectivity index (χ1v) is 10.1. The molecule has 1 amide bonds. The molecule has 0 atom stereocenters. The fourth-order valence-electron chi connectivity index (χ4n) is 2.79. The van der Waals surface area contributed by atoms with E-state index in [1.54, 1.807) is 13.0 Å². The molecule has 0 unspecified atom stereocenters. The molecular formula is C17H20ClF3N2O3S. The lowest BCUT2D eigenvalue weighted by molar-refractivity contribution is -0.137. The Morgan fingerprint density at radius 3 is 2.33 bits per heavy atom. The average molecular weight is 425 g/mol. The van der Waals surface area contributed by atoms with Gasteiger partial charge in [0.05, 0.1) is 10.6 Å². The van der Waals surface area contributed by atoms with Gasteiger partial charge >= 0.3 is 6.18 Å². The van der Waals surface area contributed by atoms with E-state index in [2.05, 4.69) is 0 Å². The maximum Gasteiger partial charge on any atom is 0.416 e. The van der Waals surface area contributed by atoms with E-state index in [-0.39, 0.29) is 37.1 Å². The van der Waals surface area contributed by atoms with Crippen LogP contribution in [-0.4, -0.2) is 49.7 Å². The minimum absolute atomic E-state index is 0.0138. The van der Waals surface area contributed by atoms with Crippen molar-refractivity contribution >= 4 is 27.5 Å². The standard InChI is InChI=1S/C17H20ClF3N2O3S/c1-3-4-12(2)16(24)22-7-9-23(10-8-22)27(25,26)15-11-13(17(19,20)21)5-6-14(15)18/h4-6,11H,3,7-10H2,1-2H3/b12-4+. The summed E-state index contributed by atoms with van der Waals surface area (Å²) in [6.45, 7) is 3.88. The van der Waals surface area contributed by atoms with Gasteiger partial charge in [-0.1, -0.05) is 24.6 Å². The molecule has 10 heteroatoms. The molecule has 27 heavy (non-hydrogen) atoms. The molecule has 1 saturated heterocycles. The smallest absolute Gasteiger partial charge is 0.336 e. The van der Waals surface area contributed by atoms with Gasteiger partial charge in [0.1, 0.15) is 4.90 Å². The summed E-state index contributed by atoms with van der Waals surface area (Å²) in [5.74, 6) is -0.175. The van der Waals surface area contributed by atoms with Crippen LogP contribution < -0.4 is 0 Å². The number of carbonyl (C=O) groups excluding carboxylic acids is 1. The molecule has 1 aromatic carbocycles. The van der Waals surface area contributed by atoms with Crippen molar-refractivity contribution in [1.82, 2.24) is 9.21 Å². The summed E-state index contributed by atoms with van der Waals surface area (Å²) in [5, 5.41) is -0.275. The van der Waals surface area contributed by atoms with E-state index < -0.39 is 26.7 Å². The molecule has 0 saturated carbocycles. The number of sulfonamides is 1. The lowest BCUT2D eigenvalue weighted by Crippen LogP contribution is -2.50. The molecule has 1 aromatic rings. The number of benzene rings is 1. The molecule has 150 valence electrons. The number of hydrogen-bond acceptors (Lipinski definition) is 3. The Labute approximate surface area is 161 Å². The van der Waals surface area contributed by atoms with Crippen LogP contribution in [-0.2, 0) is 21.0 Å². The Balaban J connectivity index is 2.21. The number of amides is 1. The van der Waals surface area contributed by atoms with Gasteiger partial charge in [0.15, 0.2) is 0 Å². The number of allylic oxidation sites excluding steroid dienone is 1. The number of alkyl halides is 3. The highest BCUT2D eigenvalue weighted by atomic mass is 35.5. The van der Waals surface area contributed by atoms with Crippen LogP contribution in [0.25, 0.3) is 0 Å². The summed E-state index contributed by atoms with van der Waals surface area (Å²) in [5.41, 5.74) is -0.505. The molecule has 0 aliphatic carbocycles. The molecule has 0 aromatic heterocycles. The Kier molecular flexibility index (Phi) is 6.59. The van der Waals surface area contributed by atoms with E-state index in [1.165, 1.54) is 4.90 Å². The maximum absolute atomic E-state index is 12.9. The van der Waals surface area contributed by atoms with Crippen molar-refractivity contribution in [2.45, 2.75) is 31.3 Å². The van der Waals surface area contributed by atoms with Crippen LogP contribution in [0, 0.1) is 0 Å². The van der Waals surface area contributed by atoms with Crippen LogP contribution >= 0.6 is 11.6 Å². The van der Waals surface area contributed by atoms with E-state index in [0.29, 0.717) is 18.1 Å². The van der Waals surface area contributed by atoms with Crippen LogP contribution in [0.15, 0.2) is 34.7 Å². The quantitative estimate of drug-likeness (QED) is 0.694. The van der Waals surface area contributed by atoms with Crippen LogP contribution in [0.5, 0.6) is 0 Å². The highest BCUT2D eigenvalue weighted by Gasteiger charge is 2.35. The molecule has 2 rings (SSSR count). The van der Waals surface area contributed by atoms with Crippen molar-refractivity contribution in [2.75, 3.05) is 26.2 Å². The summed E-state index contributed by atoms with van der Waals surface area (Å²) >= 11 is 5.86. The zero-order valence-electron chi connectivity index (χ0n) is 14.9. The number of halogens is 4. The Morgan fingerprint density at radius 1 is 1.22 bits per heavy atom. The second-order valence-electron chi connectivity index (χ2n) is 6.13. The van der Waals surface area contributed by atoms with Crippen molar-refractivity contribution in [3.8, 4) is 0 Å². The van der Waals surface area contributed by atoms with E-state index in [4.69, 9.17) is 11.6 Å². The van der Waals surface area contributed by atoms with Gasteiger partial charge in [-0.3, -0.25) is 4.79 Å². The number of hydrogen-bond donors (Lipinski definition) is 0. The first-order valence-electron chi connectivity index (χ1n) is 8.31. The maximum atomic E-state index is 12.9. The molecule has 1 heterocycles. The number of carbonyl (C=O) groups is 1. The first-order chi connectivity index (χ1) is 12.5. The second kappa shape index (κ2) is 8.20. The third-order valence-electron chi connectivity index (χ3n) is 4.25. The summed E-state index contributed by atoms with van der Waals surface area (Å²) in [6, 6.07) is 2.21. The lowest BCUT2D eigenvalue weighted by Gasteiger charge is -2.34. The van der Waals surface area contributed by atoms with E-state index >= 15 is 0 Å². The zero-order valence-corrected chi connectivity index (χ0v) is 16.5. The predicted octanol–water partition coefficient (Wildman–Crippen LogP) is 3.55. The molecule has 0 radical (unpaired) electrons. The minimum atomic E-state index is -4.68. The predicted molar refractivity (Wildman–Crippen MR) is 95.8 cm³/mol. The summed E-state index contributed by atoms with van der Waals surface area (Å²) < 4.78 is 65.3. The van der Waals surface area contributed by atoms with Gasteiger partial charge in [0, 0.05) is 31.8 Å². The Hall–Kier alpha value is -1.58. The van der Waals surface area contributed by atoms with Crippen molar-refractivity contribution in [2.24, 2.45) is 0 Å². The molecule has 0 bridgehead atoms. The third-order valence-corrected chi connectivity index (χ3v) is 6.63. The molecule has 5 nitrogen and oxygen atoms in total. The van der Waals surface area contributed by atoms with Gasteiger partial charge in [-0.25, -0.2) is 8.42 Å². The van der Waals surface area contributed by atoms with E-state index in [1.807, 2.05) is 6.92 Å². The highest BCUT2D eigenvalue weighted by molar-refractivity contribution is 7.89. The van der Waals surface area contributed by atoms with Gasteiger partial charge in [-0.05, 0) is 31.5 Å². The number of nitrogens with zero attached hydrogens (tertiary/aromatic N) is 2. The van der Waals surface area contributed by atoms with E-state index in [9.17, 15) is 26.4 Å². The van der Waals surface area contributed by atoms with Gasteiger partial charge in [-0.2, -0.15) is 17.5 Å². The number of rotatable bonds is 4. The fourth-order valence-corrected chi connectivity index (χ4v) is 4.71. The minimum Gasteiger partial charge on any atom is -0.336 e. The molecule has 0 spiro atoms. The fraction of sp³-hybridized carbons (Fsp3) is 0.471. The highest BCUT2D eigenvalue weighted by Crippen LogP contribution is 2.34. The van der Waals surface area contributed by atoms with Crippen LogP contribution in [0.3, 0.4) is 0 Å². The van der Waals surface area contributed by atoms with Crippen molar-refractivity contribution in [3.63, 3.8) is 0 Å². The lowest BCUT2D eigenvalue weighted by atomic mass is 10.2. The van der Waals surface area contributed by atoms with E-state index in [0.717, 1.165) is 16.4 Å². The molecule has 1 fully saturated rings. The summed E-state index contributed by atoms with van der Waals surface area (Å²) in [7, 11) is -4.21. The first kappa shape index (κ1) is 21.7.